The van der Waals surface area contributed by atoms with Gasteiger partial charge in [-0.1, -0.05) is 0 Å². The van der Waals surface area contributed by atoms with E-state index in [4.69, 9.17) is 10.6 Å². The molecule has 5 nitrogen and oxygen atoms in total. The number of rotatable bonds is 1. The van der Waals surface area contributed by atoms with Gasteiger partial charge in [0.2, 0.25) is 0 Å². The number of nitrogens with two attached hydrogens (primary N) is 1. The van der Waals surface area contributed by atoms with Crippen LogP contribution in [0, 0.1) is 0 Å². The van der Waals surface area contributed by atoms with Crippen molar-refractivity contribution in [2.45, 2.75) is 58.2 Å². The summed E-state index contributed by atoms with van der Waals surface area (Å²) in [6, 6.07) is 0.141. The molecule has 1 fully saturated rings. The number of hydrogen-bond donors (Lipinski definition) is 2. The standard InChI is InChI=1S/C11H23N3O2/c1-10(2,3)16-9(15)14-7-8(13-12)6-11(14,4)5/h8,13H,6-7,12H2,1-5H3. The SMILES string of the molecule is CC(C)(C)OC(=O)N1CC(NN)CC1(C)C. The number of hydrogen-bond acceptors (Lipinski definition) is 4. The molecule has 1 heterocycles. The molecule has 0 radical (unpaired) electrons. The predicted molar refractivity (Wildman–Crippen MR) is 62.7 cm³/mol. The molecule has 0 saturated carbocycles. The molecule has 1 saturated heterocycles. The first-order chi connectivity index (χ1) is 7.15. The monoisotopic (exact) mass is 229 g/mol. The zero-order chi connectivity index (χ0) is 12.6. The predicted octanol–water partition coefficient (Wildman–Crippen LogP) is 1.24. The Morgan fingerprint density at radius 2 is 2.06 bits per heavy atom. The number of hydrazine groups is 1. The summed E-state index contributed by atoms with van der Waals surface area (Å²) in [5.41, 5.74) is 2.05. The molecular formula is C11H23N3O2. The third kappa shape index (κ3) is 3.09. The molecule has 5 heteroatoms. The zero-order valence-electron chi connectivity index (χ0n) is 10.8. The van der Waals surface area contributed by atoms with Crippen LogP contribution in [0.3, 0.4) is 0 Å². The minimum Gasteiger partial charge on any atom is -0.444 e. The number of nitrogens with one attached hydrogen (secondary N) is 1. The smallest absolute Gasteiger partial charge is 0.410 e. The van der Waals surface area contributed by atoms with Crippen molar-refractivity contribution in [2.75, 3.05) is 6.54 Å². The molecule has 1 aliphatic rings. The Morgan fingerprint density at radius 1 is 1.50 bits per heavy atom. The van der Waals surface area contributed by atoms with Gasteiger partial charge in [0.25, 0.3) is 0 Å². The van der Waals surface area contributed by atoms with Crippen LogP contribution in [0.5, 0.6) is 0 Å². The first kappa shape index (κ1) is 13.3. The normalized spacial score (nSPS) is 24.6. The maximum Gasteiger partial charge on any atom is 0.410 e. The van der Waals surface area contributed by atoms with E-state index in [2.05, 4.69) is 5.43 Å². The van der Waals surface area contributed by atoms with Gasteiger partial charge in [-0.2, -0.15) is 0 Å². The van der Waals surface area contributed by atoms with Crippen molar-refractivity contribution < 1.29 is 9.53 Å². The lowest BCUT2D eigenvalue weighted by Gasteiger charge is -2.33. The van der Waals surface area contributed by atoms with Gasteiger partial charge in [0.15, 0.2) is 0 Å². The number of likely N-dealkylation sites (tertiary alicyclic amines) is 1. The van der Waals surface area contributed by atoms with Gasteiger partial charge in [0, 0.05) is 18.1 Å². The molecule has 1 aliphatic heterocycles. The van der Waals surface area contributed by atoms with Gasteiger partial charge in [0.1, 0.15) is 5.60 Å². The Morgan fingerprint density at radius 3 is 2.44 bits per heavy atom. The third-order valence-electron chi connectivity index (χ3n) is 2.73. The van der Waals surface area contributed by atoms with Crippen molar-refractivity contribution in [2.24, 2.45) is 5.84 Å². The van der Waals surface area contributed by atoms with Crippen LogP contribution >= 0.6 is 0 Å². The van der Waals surface area contributed by atoms with Gasteiger partial charge >= 0.3 is 6.09 Å². The van der Waals surface area contributed by atoms with Gasteiger partial charge in [-0.25, -0.2) is 4.79 Å². The first-order valence-corrected chi connectivity index (χ1v) is 5.62. The van der Waals surface area contributed by atoms with Gasteiger partial charge in [-0.05, 0) is 41.0 Å². The largest absolute Gasteiger partial charge is 0.444 e. The number of ether oxygens (including phenoxy) is 1. The van der Waals surface area contributed by atoms with E-state index < -0.39 is 5.60 Å². The molecule has 1 amide bonds. The molecule has 0 aromatic rings. The van der Waals surface area contributed by atoms with E-state index in [9.17, 15) is 4.79 Å². The Labute approximate surface area is 97.3 Å². The van der Waals surface area contributed by atoms with E-state index in [1.54, 1.807) is 4.90 Å². The summed E-state index contributed by atoms with van der Waals surface area (Å²) in [6.07, 6.45) is 0.568. The lowest BCUT2D eigenvalue weighted by Crippen LogP contribution is -2.45. The van der Waals surface area contributed by atoms with Crippen LogP contribution in [-0.2, 0) is 4.74 Å². The topological polar surface area (TPSA) is 67.6 Å². The van der Waals surface area contributed by atoms with Crippen LogP contribution in [0.15, 0.2) is 0 Å². The Balaban J connectivity index is 2.69. The average molecular weight is 229 g/mol. The minimum atomic E-state index is -0.457. The van der Waals surface area contributed by atoms with Gasteiger partial charge in [0.05, 0.1) is 0 Å². The highest BCUT2D eigenvalue weighted by Gasteiger charge is 2.42. The number of carbonyl (C=O) groups is 1. The van der Waals surface area contributed by atoms with Gasteiger partial charge in [-0.3, -0.25) is 11.3 Å². The summed E-state index contributed by atoms with van der Waals surface area (Å²) in [6.45, 7) is 10.2. The summed E-state index contributed by atoms with van der Waals surface area (Å²) in [7, 11) is 0. The number of nitrogens with zero attached hydrogens (tertiary/aromatic N) is 1. The Bertz CT molecular complexity index is 271. The minimum absolute atomic E-state index is 0.141. The van der Waals surface area contributed by atoms with Crippen LogP contribution in [0.25, 0.3) is 0 Å². The zero-order valence-corrected chi connectivity index (χ0v) is 10.8. The Hall–Kier alpha value is -0.810. The van der Waals surface area contributed by atoms with Gasteiger partial charge < -0.3 is 9.64 Å². The maximum absolute atomic E-state index is 12.0. The highest BCUT2D eigenvalue weighted by atomic mass is 16.6. The molecule has 94 valence electrons. The second kappa shape index (κ2) is 4.22. The second-order valence-electron chi connectivity index (χ2n) is 5.97. The summed E-state index contributed by atoms with van der Waals surface area (Å²) < 4.78 is 5.37. The van der Waals surface area contributed by atoms with E-state index in [0.717, 1.165) is 6.42 Å². The molecular weight excluding hydrogens is 206 g/mol. The van der Waals surface area contributed by atoms with Crippen LogP contribution in [0.2, 0.25) is 0 Å². The Kier molecular flexibility index (Phi) is 3.50. The molecule has 0 spiro atoms. The summed E-state index contributed by atoms with van der Waals surface area (Å²) >= 11 is 0. The van der Waals surface area contributed by atoms with Gasteiger partial charge in [-0.15, -0.1) is 0 Å². The average Bonchev–Trinajstić information content (AvgIpc) is 2.37. The van der Waals surface area contributed by atoms with Crippen LogP contribution in [0.1, 0.15) is 41.0 Å². The molecule has 1 unspecified atom stereocenters. The number of amides is 1. The molecule has 0 aliphatic carbocycles. The first-order valence-electron chi connectivity index (χ1n) is 5.62. The fourth-order valence-electron chi connectivity index (χ4n) is 2.00. The fourth-order valence-corrected chi connectivity index (χ4v) is 2.00. The van der Waals surface area contributed by atoms with E-state index in [1.807, 2.05) is 34.6 Å². The van der Waals surface area contributed by atoms with E-state index >= 15 is 0 Å². The molecule has 3 N–H and O–H groups in total. The lowest BCUT2D eigenvalue weighted by atomic mass is 10.0. The van der Waals surface area contributed by atoms with E-state index in [0.29, 0.717) is 6.54 Å². The third-order valence-corrected chi connectivity index (χ3v) is 2.73. The fraction of sp³-hybridized carbons (Fsp3) is 0.909. The molecule has 1 atom stereocenters. The molecule has 0 aromatic carbocycles. The summed E-state index contributed by atoms with van der Waals surface area (Å²) in [4.78, 5) is 13.7. The lowest BCUT2D eigenvalue weighted by molar-refractivity contribution is 0.0132. The highest BCUT2D eigenvalue weighted by molar-refractivity contribution is 5.69. The molecule has 16 heavy (non-hydrogen) atoms. The molecule has 0 aromatic heterocycles. The van der Waals surface area contributed by atoms with Crippen molar-refractivity contribution in [3.05, 3.63) is 0 Å². The van der Waals surface area contributed by atoms with Crippen molar-refractivity contribution in [1.29, 1.82) is 0 Å². The van der Waals surface area contributed by atoms with Crippen molar-refractivity contribution >= 4 is 6.09 Å². The molecule has 0 bridgehead atoms. The van der Waals surface area contributed by atoms with E-state index in [1.165, 1.54) is 0 Å². The van der Waals surface area contributed by atoms with E-state index in [-0.39, 0.29) is 17.7 Å². The maximum atomic E-state index is 12.0. The van der Waals surface area contributed by atoms with Crippen molar-refractivity contribution in [3.8, 4) is 0 Å². The summed E-state index contributed by atoms with van der Waals surface area (Å²) in [5, 5.41) is 0. The summed E-state index contributed by atoms with van der Waals surface area (Å²) in [5.74, 6) is 5.42. The number of carbonyl (C=O) groups excluding carboxylic acids is 1. The molecule has 1 rings (SSSR count). The second-order valence-corrected chi connectivity index (χ2v) is 5.97. The highest BCUT2D eigenvalue weighted by Crippen LogP contribution is 2.29. The van der Waals surface area contributed by atoms with Crippen LogP contribution in [-0.4, -0.2) is 34.7 Å². The van der Waals surface area contributed by atoms with Crippen LogP contribution < -0.4 is 11.3 Å². The quantitative estimate of drug-likeness (QED) is 0.524. The van der Waals surface area contributed by atoms with Crippen LogP contribution in [0.4, 0.5) is 4.79 Å². The van der Waals surface area contributed by atoms with Crippen molar-refractivity contribution in [1.82, 2.24) is 10.3 Å². The van der Waals surface area contributed by atoms with Crippen molar-refractivity contribution in [3.63, 3.8) is 0 Å².